The Kier molecular flexibility index (Phi) is 6.55. The van der Waals surface area contributed by atoms with Crippen molar-refractivity contribution >= 4 is 51.3 Å². The van der Waals surface area contributed by atoms with Crippen molar-refractivity contribution in [2.24, 2.45) is 0 Å². The molecule has 36 heavy (non-hydrogen) atoms. The van der Waals surface area contributed by atoms with Crippen LogP contribution >= 0.6 is 11.8 Å². The van der Waals surface area contributed by atoms with E-state index in [4.69, 9.17) is 9.72 Å². The lowest BCUT2D eigenvalue weighted by atomic mass is 10.2. The molecular weight excluding hydrogens is 476 g/mol. The number of ether oxygens (including phenoxy) is 1. The lowest BCUT2D eigenvalue weighted by Crippen LogP contribution is -2.23. The Bertz CT molecular complexity index is 1630. The smallest absolute Gasteiger partial charge is 0.338 e. The van der Waals surface area contributed by atoms with Crippen LogP contribution in [0.3, 0.4) is 0 Å². The van der Waals surface area contributed by atoms with Gasteiger partial charge in [-0.2, -0.15) is 0 Å². The molecule has 2 N–H and O–H groups in total. The van der Waals surface area contributed by atoms with Gasteiger partial charge < -0.3 is 15.0 Å². The first-order chi connectivity index (χ1) is 17.5. The number of esters is 1. The molecule has 9 heteroatoms. The summed E-state index contributed by atoms with van der Waals surface area (Å²) in [5.74, 6) is -0.646. The number of benzene rings is 3. The highest BCUT2D eigenvalue weighted by Crippen LogP contribution is 2.26. The Morgan fingerprint density at radius 1 is 1.00 bits per heavy atom. The molecular formula is C27H22N4O4S. The van der Waals surface area contributed by atoms with Crippen molar-refractivity contribution < 1.29 is 14.3 Å². The molecule has 0 aliphatic carbocycles. The lowest BCUT2D eigenvalue weighted by Gasteiger charge is -2.12. The van der Waals surface area contributed by atoms with Gasteiger partial charge in [0, 0.05) is 16.6 Å². The number of H-pyrrole nitrogens is 1. The van der Waals surface area contributed by atoms with Gasteiger partial charge in [0.25, 0.3) is 5.56 Å². The SMILES string of the molecule is CCOC(=O)c1ccc(NC(=O)CSc2nc3c([nH]c4ccccc43)c(=O)n2-c2ccccc2)cc1. The predicted octanol–water partition coefficient (Wildman–Crippen LogP) is 4.77. The topological polar surface area (TPSA) is 106 Å². The Morgan fingerprint density at radius 2 is 1.72 bits per heavy atom. The summed E-state index contributed by atoms with van der Waals surface area (Å²) in [7, 11) is 0. The maximum Gasteiger partial charge on any atom is 0.338 e. The van der Waals surface area contributed by atoms with Crippen LogP contribution in [0.2, 0.25) is 0 Å². The summed E-state index contributed by atoms with van der Waals surface area (Å²) in [5, 5.41) is 4.07. The molecule has 2 aromatic heterocycles. The molecule has 0 atom stereocenters. The third kappa shape index (κ3) is 4.60. The fourth-order valence-corrected chi connectivity index (χ4v) is 4.68. The molecule has 5 aromatic rings. The molecule has 3 aromatic carbocycles. The van der Waals surface area contributed by atoms with Crippen LogP contribution < -0.4 is 10.9 Å². The van der Waals surface area contributed by atoms with E-state index in [1.807, 2.05) is 54.6 Å². The zero-order chi connectivity index (χ0) is 25.1. The van der Waals surface area contributed by atoms with Crippen LogP contribution in [0.1, 0.15) is 17.3 Å². The summed E-state index contributed by atoms with van der Waals surface area (Å²) in [6.45, 7) is 2.04. The highest BCUT2D eigenvalue weighted by atomic mass is 32.2. The molecule has 0 bridgehead atoms. The summed E-state index contributed by atoms with van der Waals surface area (Å²) in [5.41, 5.74) is 3.19. The molecule has 0 aliphatic heterocycles. The van der Waals surface area contributed by atoms with Gasteiger partial charge in [-0.25, -0.2) is 9.78 Å². The van der Waals surface area contributed by atoms with E-state index in [1.165, 1.54) is 16.3 Å². The maximum absolute atomic E-state index is 13.5. The molecule has 8 nitrogen and oxygen atoms in total. The van der Waals surface area contributed by atoms with E-state index in [-0.39, 0.29) is 17.2 Å². The average Bonchev–Trinajstić information content (AvgIpc) is 3.28. The second-order valence-corrected chi connectivity index (χ2v) is 8.84. The average molecular weight is 499 g/mol. The number of hydrogen-bond acceptors (Lipinski definition) is 6. The first kappa shape index (κ1) is 23.4. The first-order valence-electron chi connectivity index (χ1n) is 11.3. The maximum atomic E-state index is 13.5. The number of thioether (sulfide) groups is 1. The zero-order valence-corrected chi connectivity index (χ0v) is 20.2. The highest BCUT2D eigenvalue weighted by Gasteiger charge is 2.18. The van der Waals surface area contributed by atoms with Crippen molar-refractivity contribution in [1.29, 1.82) is 0 Å². The van der Waals surface area contributed by atoms with E-state index in [1.54, 1.807) is 31.2 Å². The number of nitrogens with zero attached hydrogens (tertiary/aromatic N) is 2. The third-order valence-electron chi connectivity index (χ3n) is 5.52. The van der Waals surface area contributed by atoms with Crippen molar-refractivity contribution in [3.63, 3.8) is 0 Å². The summed E-state index contributed by atoms with van der Waals surface area (Å²) in [6, 6.07) is 23.3. The van der Waals surface area contributed by atoms with E-state index in [0.29, 0.717) is 39.7 Å². The lowest BCUT2D eigenvalue weighted by molar-refractivity contribution is -0.113. The van der Waals surface area contributed by atoms with E-state index < -0.39 is 5.97 Å². The molecule has 5 rings (SSSR count). The van der Waals surface area contributed by atoms with Gasteiger partial charge in [0.05, 0.1) is 23.6 Å². The highest BCUT2D eigenvalue weighted by molar-refractivity contribution is 7.99. The molecule has 0 spiro atoms. The Morgan fingerprint density at radius 3 is 2.47 bits per heavy atom. The van der Waals surface area contributed by atoms with E-state index in [2.05, 4.69) is 10.3 Å². The van der Waals surface area contributed by atoms with Crippen LogP contribution in [0.25, 0.3) is 27.6 Å². The summed E-state index contributed by atoms with van der Waals surface area (Å²) in [4.78, 5) is 46.0. The quantitative estimate of drug-likeness (QED) is 0.190. The van der Waals surface area contributed by atoms with Gasteiger partial charge in [0.15, 0.2) is 5.16 Å². The number of rotatable bonds is 7. The molecule has 0 radical (unpaired) electrons. The van der Waals surface area contributed by atoms with E-state index >= 15 is 0 Å². The molecule has 1 amide bonds. The number of nitrogens with one attached hydrogen (secondary N) is 2. The fourth-order valence-electron chi connectivity index (χ4n) is 3.88. The molecule has 0 aliphatic rings. The molecule has 0 saturated carbocycles. The number of carbonyl (C=O) groups excluding carboxylic acids is 2. The van der Waals surface area contributed by atoms with Gasteiger partial charge in [-0.05, 0) is 49.4 Å². The second kappa shape index (κ2) is 10.1. The minimum absolute atomic E-state index is 0.0345. The molecule has 2 heterocycles. The van der Waals surface area contributed by atoms with E-state index in [0.717, 1.165) is 10.9 Å². The summed E-state index contributed by atoms with van der Waals surface area (Å²) in [6.07, 6.45) is 0. The Balaban J connectivity index is 1.43. The second-order valence-electron chi connectivity index (χ2n) is 7.90. The number of aromatic amines is 1. The number of fused-ring (bicyclic) bond motifs is 3. The number of aromatic nitrogens is 3. The van der Waals surface area contributed by atoms with Gasteiger partial charge in [-0.1, -0.05) is 48.2 Å². The van der Waals surface area contributed by atoms with Crippen molar-refractivity contribution in [1.82, 2.24) is 14.5 Å². The van der Waals surface area contributed by atoms with Crippen molar-refractivity contribution in [2.75, 3.05) is 17.7 Å². The molecule has 0 saturated heterocycles. The standard InChI is InChI=1S/C27H22N4O4S/c1-2-35-26(34)17-12-14-18(15-13-17)28-22(32)16-36-27-30-23-20-10-6-7-11-21(20)29-24(23)25(33)31(27)19-8-4-3-5-9-19/h3-15,29H,2,16H2,1H3,(H,28,32). The molecule has 0 unspecified atom stereocenters. The number of carbonyl (C=O) groups is 2. The largest absolute Gasteiger partial charge is 0.462 e. The Hall–Kier alpha value is -4.37. The minimum Gasteiger partial charge on any atom is -0.462 e. The van der Waals surface area contributed by atoms with Crippen LogP contribution in [-0.4, -0.2) is 38.8 Å². The molecule has 180 valence electrons. The van der Waals surface area contributed by atoms with Gasteiger partial charge >= 0.3 is 5.97 Å². The van der Waals surface area contributed by atoms with Crippen molar-refractivity contribution in [3.05, 3.63) is 94.8 Å². The van der Waals surface area contributed by atoms with Crippen molar-refractivity contribution in [2.45, 2.75) is 12.1 Å². The third-order valence-corrected chi connectivity index (χ3v) is 6.46. The van der Waals surface area contributed by atoms with E-state index in [9.17, 15) is 14.4 Å². The van der Waals surface area contributed by atoms with Gasteiger partial charge in [0.2, 0.25) is 5.91 Å². The monoisotopic (exact) mass is 498 g/mol. The number of para-hydroxylation sites is 2. The first-order valence-corrected chi connectivity index (χ1v) is 12.3. The molecule has 0 fully saturated rings. The van der Waals surface area contributed by atoms with Crippen LogP contribution in [0, 0.1) is 0 Å². The summed E-state index contributed by atoms with van der Waals surface area (Å²) >= 11 is 1.18. The minimum atomic E-state index is -0.413. The van der Waals surface area contributed by atoms with Gasteiger partial charge in [-0.3, -0.25) is 14.2 Å². The van der Waals surface area contributed by atoms with Crippen LogP contribution in [0.15, 0.2) is 88.8 Å². The number of anilines is 1. The van der Waals surface area contributed by atoms with Crippen molar-refractivity contribution in [3.8, 4) is 5.69 Å². The fraction of sp³-hybridized carbons (Fsp3) is 0.111. The predicted molar refractivity (Wildman–Crippen MR) is 141 cm³/mol. The van der Waals surface area contributed by atoms with Gasteiger partial charge in [-0.15, -0.1) is 0 Å². The van der Waals surface area contributed by atoms with Gasteiger partial charge in [0.1, 0.15) is 11.0 Å². The van der Waals surface area contributed by atoms with Crippen LogP contribution in [-0.2, 0) is 9.53 Å². The number of amides is 1. The van der Waals surface area contributed by atoms with Crippen LogP contribution in [0.4, 0.5) is 5.69 Å². The number of hydrogen-bond donors (Lipinski definition) is 2. The Labute approximate surface area is 210 Å². The normalized spacial score (nSPS) is 11.0. The summed E-state index contributed by atoms with van der Waals surface area (Å²) < 4.78 is 6.50. The zero-order valence-electron chi connectivity index (χ0n) is 19.4. The van der Waals surface area contributed by atoms with Crippen LogP contribution in [0.5, 0.6) is 0 Å².